The van der Waals surface area contributed by atoms with Crippen LogP contribution in [-0.2, 0) is 16.0 Å². The minimum absolute atomic E-state index is 0.0461. The van der Waals surface area contributed by atoms with Gasteiger partial charge in [-0.2, -0.15) is 0 Å². The molecule has 18 heavy (non-hydrogen) atoms. The maximum absolute atomic E-state index is 11.8. The number of methoxy groups -OCH3 is 1. The predicted molar refractivity (Wildman–Crippen MR) is 73.0 cm³/mol. The molecule has 2 rings (SSSR count). The van der Waals surface area contributed by atoms with Gasteiger partial charge in [-0.05, 0) is 43.5 Å². The van der Waals surface area contributed by atoms with Crippen LogP contribution in [0, 0.1) is 0 Å². The van der Waals surface area contributed by atoms with E-state index >= 15 is 0 Å². The van der Waals surface area contributed by atoms with E-state index in [4.69, 9.17) is 4.74 Å². The van der Waals surface area contributed by atoms with Crippen LogP contribution in [0.1, 0.15) is 25.3 Å². The van der Waals surface area contributed by atoms with Crippen molar-refractivity contribution < 1.29 is 9.53 Å². The third kappa shape index (κ3) is 3.23. The average molecular weight is 248 g/mol. The Bertz CT molecular complexity index is 432. The van der Waals surface area contributed by atoms with Gasteiger partial charge in [0.2, 0.25) is 5.91 Å². The van der Waals surface area contributed by atoms with Gasteiger partial charge in [0.15, 0.2) is 0 Å². The zero-order valence-corrected chi connectivity index (χ0v) is 11.0. The summed E-state index contributed by atoms with van der Waals surface area (Å²) < 4.78 is 5.12. The highest BCUT2D eigenvalue weighted by Gasteiger charge is 2.11. The molecule has 1 aliphatic rings. The van der Waals surface area contributed by atoms with Crippen molar-refractivity contribution in [2.75, 3.05) is 24.3 Å². The van der Waals surface area contributed by atoms with Crippen LogP contribution in [0.2, 0.25) is 0 Å². The fraction of sp³-hybridized carbons (Fsp3) is 0.500. The molecule has 0 radical (unpaired) electrons. The molecule has 0 aromatic heterocycles. The second-order valence-corrected chi connectivity index (χ2v) is 4.68. The van der Waals surface area contributed by atoms with Crippen LogP contribution in [-0.4, -0.2) is 25.7 Å². The number of carbonyl (C=O) groups is 1. The van der Waals surface area contributed by atoms with Crippen molar-refractivity contribution in [1.29, 1.82) is 0 Å². The molecular weight excluding hydrogens is 228 g/mol. The third-order valence-electron chi connectivity index (χ3n) is 3.28. The molecule has 1 aliphatic heterocycles. The number of hydrogen-bond donors (Lipinski definition) is 2. The Balaban J connectivity index is 1.87. The van der Waals surface area contributed by atoms with Gasteiger partial charge >= 0.3 is 0 Å². The maximum Gasteiger partial charge on any atom is 0.224 e. The molecule has 4 nitrogen and oxygen atoms in total. The van der Waals surface area contributed by atoms with E-state index in [1.807, 2.05) is 25.1 Å². The highest BCUT2D eigenvalue weighted by Crippen LogP contribution is 2.25. The lowest BCUT2D eigenvalue weighted by molar-refractivity contribution is -0.116. The molecule has 1 heterocycles. The number of anilines is 2. The molecule has 1 atom stereocenters. The summed E-state index contributed by atoms with van der Waals surface area (Å²) in [6.07, 6.45) is 2.39. The lowest BCUT2D eigenvalue weighted by atomic mass is 10.1. The summed E-state index contributed by atoms with van der Waals surface area (Å²) in [7, 11) is 1.66. The lowest BCUT2D eigenvalue weighted by Gasteiger charge is -2.10. The highest BCUT2D eigenvalue weighted by atomic mass is 16.5. The summed E-state index contributed by atoms with van der Waals surface area (Å²) in [5.74, 6) is 0.0461. The first kappa shape index (κ1) is 12.9. The minimum atomic E-state index is 0.0461. The van der Waals surface area contributed by atoms with E-state index in [0.29, 0.717) is 6.42 Å². The van der Waals surface area contributed by atoms with Crippen molar-refractivity contribution >= 4 is 17.3 Å². The van der Waals surface area contributed by atoms with Crippen LogP contribution in [0.4, 0.5) is 11.4 Å². The minimum Gasteiger partial charge on any atom is -0.384 e. The van der Waals surface area contributed by atoms with E-state index in [2.05, 4.69) is 10.6 Å². The van der Waals surface area contributed by atoms with Crippen LogP contribution < -0.4 is 10.6 Å². The average Bonchev–Trinajstić information content (AvgIpc) is 2.83. The van der Waals surface area contributed by atoms with E-state index in [0.717, 1.165) is 25.1 Å². The molecule has 1 unspecified atom stereocenters. The Labute approximate surface area is 108 Å². The van der Waals surface area contributed by atoms with Gasteiger partial charge in [0, 0.05) is 31.5 Å². The molecule has 1 amide bonds. The predicted octanol–water partition coefficient (Wildman–Crippen LogP) is 2.41. The molecule has 0 aliphatic carbocycles. The van der Waals surface area contributed by atoms with Gasteiger partial charge in [-0.1, -0.05) is 0 Å². The zero-order chi connectivity index (χ0) is 13.0. The molecule has 0 saturated heterocycles. The summed E-state index contributed by atoms with van der Waals surface area (Å²) >= 11 is 0. The number of hydrogen-bond acceptors (Lipinski definition) is 3. The van der Waals surface area contributed by atoms with Gasteiger partial charge in [0.05, 0.1) is 6.10 Å². The normalized spacial score (nSPS) is 14.8. The maximum atomic E-state index is 11.8. The highest BCUT2D eigenvalue weighted by molar-refractivity contribution is 5.91. The first-order valence-corrected chi connectivity index (χ1v) is 6.38. The van der Waals surface area contributed by atoms with E-state index in [1.54, 1.807) is 7.11 Å². The SMILES string of the molecule is COC(C)CCC(=O)Nc1ccc2c(c1)CCN2. The van der Waals surface area contributed by atoms with Crippen LogP contribution >= 0.6 is 0 Å². The molecule has 98 valence electrons. The standard InChI is InChI=1S/C14H20N2O2/c1-10(18-2)3-6-14(17)16-12-4-5-13-11(9-12)7-8-15-13/h4-5,9-10,15H,3,6-8H2,1-2H3,(H,16,17). The van der Waals surface area contributed by atoms with E-state index in [-0.39, 0.29) is 12.0 Å². The number of nitrogens with one attached hydrogen (secondary N) is 2. The van der Waals surface area contributed by atoms with Crippen LogP contribution in [0.5, 0.6) is 0 Å². The topological polar surface area (TPSA) is 50.4 Å². The Hall–Kier alpha value is -1.55. The number of carbonyl (C=O) groups excluding carboxylic acids is 1. The van der Waals surface area contributed by atoms with E-state index in [1.165, 1.54) is 11.3 Å². The molecule has 1 aromatic carbocycles. The monoisotopic (exact) mass is 248 g/mol. The third-order valence-corrected chi connectivity index (χ3v) is 3.28. The van der Waals surface area contributed by atoms with Crippen LogP contribution in [0.3, 0.4) is 0 Å². The van der Waals surface area contributed by atoms with Crippen molar-refractivity contribution in [2.24, 2.45) is 0 Å². The first-order chi connectivity index (χ1) is 8.69. The van der Waals surface area contributed by atoms with Crippen molar-refractivity contribution in [1.82, 2.24) is 0 Å². The van der Waals surface area contributed by atoms with Gasteiger partial charge < -0.3 is 15.4 Å². The fourth-order valence-electron chi connectivity index (χ4n) is 2.06. The van der Waals surface area contributed by atoms with E-state index < -0.39 is 0 Å². The number of rotatable bonds is 5. The summed E-state index contributed by atoms with van der Waals surface area (Å²) in [6, 6.07) is 6.01. The molecule has 4 heteroatoms. The Morgan fingerprint density at radius 2 is 2.39 bits per heavy atom. The molecule has 0 fully saturated rings. The number of fused-ring (bicyclic) bond motifs is 1. The second-order valence-electron chi connectivity index (χ2n) is 4.68. The summed E-state index contributed by atoms with van der Waals surface area (Å²) in [4.78, 5) is 11.8. The van der Waals surface area contributed by atoms with Gasteiger partial charge in [0.1, 0.15) is 0 Å². The molecule has 0 saturated carbocycles. The Kier molecular flexibility index (Phi) is 4.20. The second kappa shape index (κ2) is 5.87. The van der Waals surface area contributed by atoms with Gasteiger partial charge in [0.25, 0.3) is 0 Å². The molecule has 0 spiro atoms. The quantitative estimate of drug-likeness (QED) is 0.841. The Morgan fingerprint density at radius 3 is 3.17 bits per heavy atom. The van der Waals surface area contributed by atoms with Crippen molar-refractivity contribution in [3.05, 3.63) is 23.8 Å². The Morgan fingerprint density at radius 1 is 1.56 bits per heavy atom. The summed E-state index contributed by atoms with van der Waals surface area (Å²) in [5.41, 5.74) is 3.34. The smallest absolute Gasteiger partial charge is 0.224 e. The molecule has 0 bridgehead atoms. The number of benzene rings is 1. The largest absolute Gasteiger partial charge is 0.384 e. The fourth-order valence-corrected chi connectivity index (χ4v) is 2.06. The van der Waals surface area contributed by atoms with Crippen LogP contribution in [0.25, 0.3) is 0 Å². The van der Waals surface area contributed by atoms with Crippen LogP contribution in [0.15, 0.2) is 18.2 Å². The van der Waals surface area contributed by atoms with Crippen molar-refractivity contribution in [3.63, 3.8) is 0 Å². The number of ether oxygens (including phenoxy) is 1. The summed E-state index contributed by atoms with van der Waals surface area (Å²) in [5, 5.41) is 6.23. The van der Waals surface area contributed by atoms with Gasteiger partial charge in [-0.25, -0.2) is 0 Å². The summed E-state index contributed by atoms with van der Waals surface area (Å²) in [6.45, 7) is 2.95. The van der Waals surface area contributed by atoms with Gasteiger partial charge in [-0.3, -0.25) is 4.79 Å². The molecule has 1 aromatic rings. The first-order valence-electron chi connectivity index (χ1n) is 6.38. The molecule has 2 N–H and O–H groups in total. The number of amides is 1. The zero-order valence-electron chi connectivity index (χ0n) is 11.0. The van der Waals surface area contributed by atoms with Crippen molar-refractivity contribution in [2.45, 2.75) is 32.3 Å². The lowest BCUT2D eigenvalue weighted by Crippen LogP contribution is -2.15. The van der Waals surface area contributed by atoms with Crippen molar-refractivity contribution in [3.8, 4) is 0 Å². The van der Waals surface area contributed by atoms with Gasteiger partial charge in [-0.15, -0.1) is 0 Å². The van der Waals surface area contributed by atoms with E-state index in [9.17, 15) is 4.79 Å². The molecular formula is C14H20N2O2.